The first-order chi connectivity index (χ1) is 15.5. The topological polar surface area (TPSA) is 67.7 Å². The molecule has 32 heavy (non-hydrogen) atoms. The first kappa shape index (κ1) is 21.9. The number of benzene rings is 2. The van der Waals surface area contributed by atoms with Gasteiger partial charge in [0.15, 0.2) is 0 Å². The van der Waals surface area contributed by atoms with E-state index in [0.717, 1.165) is 11.1 Å². The summed E-state index contributed by atoms with van der Waals surface area (Å²) in [6.45, 7) is 1.96. The maximum atomic E-state index is 13.0. The number of para-hydroxylation sites is 1. The fourth-order valence-corrected chi connectivity index (χ4v) is 3.92. The molecule has 0 radical (unpaired) electrons. The molecule has 2 amide bonds. The van der Waals surface area contributed by atoms with Gasteiger partial charge in [0.25, 0.3) is 5.91 Å². The molecule has 0 saturated carbocycles. The van der Waals surface area contributed by atoms with Gasteiger partial charge in [0, 0.05) is 32.9 Å². The average Bonchev–Trinajstić information content (AvgIpc) is 3.19. The van der Waals surface area contributed by atoms with Gasteiger partial charge in [-0.3, -0.25) is 14.3 Å². The second-order valence-electron chi connectivity index (χ2n) is 7.85. The molecular formula is C24H25ClN4O3. The first-order valence-electron chi connectivity index (χ1n) is 10.5. The van der Waals surface area contributed by atoms with Crippen LogP contribution in [-0.4, -0.2) is 51.6 Å². The maximum absolute atomic E-state index is 13.0. The predicted octanol–water partition coefficient (Wildman–Crippen LogP) is 3.62. The highest BCUT2D eigenvalue weighted by Crippen LogP contribution is 2.21. The van der Waals surface area contributed by atoms with Gasteiger partial charge in [-0.15, -0.1) is 0 Å². The highest BCUT2D eigenvalue weighted by atomic mass is 35.5. The Hall–Kier alpha value is -3.32. The van der Waals surface area contributed by atoms with Crippen molar-refractivity contribution < 1.29 is 14.3 Å². The van der Waals surface area contributed by atoms with Gasteiger partial charge in [0.2, 0.25) is 5.91 Å². The van der Waals surface area contributed by atoms with Crippen molar-refractivity contribution >= 4 is 23.4 Å². The molecule has 0 saturated heterocycles. The van der Waals surface area contributed by atoms with E-state index < -0.39 is 0 Å². The van der Waals surface area contributed by atoms with E-state index in [1.54, 1.807) is 35.0 Å². The zero-order valence-corrected chi connectivity index (χ0v) is 18.7. The number of aromatic nitrogens is 2. The third-order valence-corrected chi connectivity index (χ3v) is 5.53. The van der Waals surface area contributed by atoms with E-state index in [2.05, 4.69) is 5.10 Å². The number of rotatable bonds is 2. The van der Waals surface area contributed by atoms with Gasteiger partial charge >= 0.3 is 0 Å². The van der Waals surface area contributed by atoms with E-state index in [1.165, 1.54) is 6.20 Å². The van der Waals surface area contributed by atoms with Crippen LogP contribution in [0.3, 0.4) is 0 Å². The number of hydrogen-bond donors (Lipinski definition) is 0. The van der Waals surface area contributed by atoms with Crippen LogP contribution in [-0.2, 0) is 24.4 Å². The number of fused-ring (bicyclic) bond motifs is 3. The summed E-state index contributed by atoms with van der Waals surface area (Å²) in [7, 11) is 1.78. The van der Waals surface area contributed by atoms with E-state index in [9.17, 15) is 9.59 Å². The number of carbonyl (C=O) groups excluding carboxylic acids is 2. The molecule has 166 valence electrons. The van der Waals surface area contributed by atoms with Gasteiger partial charge < -0.3 is 14.5 Å². The van der Waals surface area contributed by atoms with Crippen molar-refractivity contribution in [1.29, 1.82) is 0 Å². The van der Waals surface area contributed by atoms with Crippen molar-refractivity contribution in [3.05, 3.63) is 82.6 Å². The molecule has 0 aliphatic carbocycles. The molecule has 2 aromatic carbocycles. The van der Waals surface area contributed by atoms with Gasteiger partial charge in [-0.05, 0) is 29.7 Å². The predicted molar refractivity (Wildman–Crippen MR) is 121 cm³/mol. The highest BCUT2D eigenvalue weighted by molar-refractivity contribution is 6.30. The Morgan fingerprint density at radius 2 is 1.91 bits per heavy atom. The van der Waals surface area contributed by atoms with Crippen molar-refractivity contribution in [2.45, 2.75) is 26.1 Å². The van der Waals surface area contributed by atoms with Crippen LogP contribution in [0.5, 0.6) is 5.75 Å². The van der Waals surface area contributed by atoms with Crippen molar-refractivity contribution in [2.24, 2.45) is 0 Å². The number of halogens is 1. The summed E-state index contributed by atoms with van der Waals surface area (Å²) in [5.74, 6) is 0.423. The van der Waals surface area contributed by atoms with E-state index in [4.69, 9.17) is 16.3 Å². The molecular weight excluding hydrogens is 428 g/mol. The van der Waals surface area contributed by atoms with E-state index >= 15 is 0 Å². The third kappa shape index (κ3) is 5.29. The van der Waals surface area contributed by atoms with Gasteiger partial charge in [-0.25, -0.2) is 0 Å². The lowest BCUT2D eigenvalue weighted by Crippen LogP contribution is -2.35. The minimum atomic E-state index is -0.0854. The van der Waals surface area contributed by atoms with Gasteiger partial charge in [-0.1, -0.05) is 48.0 Å². The molecule has 1 aliphatic heterocycles. The molecule has 7 nitrogen and oxygen atoms in total. The van der Waals surface area contributed by atoms with Crippen LogP contribution in [0.2, 0.25) is 5.02 Å². The Labute approximate surface area is 192 Å². The van der Waals surface area contributed by atoms with E-state index in [1.807, 2.05) is 41.3 Å². The molecule has 0 fully saturated rings. The quantitative estimate of drug-likeness (QED) is 0.595. The number of hydrogen-bond acceptors (Lipinski definition) is 4. The van der Waals surface area contributed by atoms with Crippen molar-refractivity contribution in [3.8, 4) is 5.75 Å². The standard InChI is InChI=1S/C24H25ClN4O3/c1-27-14-18-6-4-7-19(12-18)15-28(23(30)17-29-16-20(25)13-26-29)10-5-11-32-22-9-3-2-8-21(22)24(27)31/h2-4,6-9,12-13,16H,5,10-11,14-15,17H2,1H3. The lowest BCUT2D eigenvalue weighted by Gasteiger charge is -2.25. The fraction of sp³-hybridized carbons (Fsp3) is 0.292. The van der Waals surface area contributed by atoms with Gasteiger partial charge in [-0.2, -0.15) is 5.10 Å². The molecule has 1 aliphatic rings. The molecule has 8 heteroatoms. The molecule has 3 aromatic rings. The average molecular weight is 453 g/mol. The molecule has 0 spiro atoms. The number of ether oxygens (including phenoxy) is 1. The largest absolute Gasteiger partial charge is 0.493 e. The molecule has 1 aromatic heterocycles. The van der Waals surface area contributed by atoms with Crippen LogP contribution < -0.4 is 4.74 Å². The first-order valence-corrected chi connectivity index (χ1v) is 10.9. The van der Waals surface area contributed by atoms with E-state index in [-0.39, 0.29) is 18.4 Å². The Morgan fingerprint density at radius 3 is 2.69 bits per heavy atom. The normalized spacial score (nSPS) is 15.0. The third-order valence-electron chi connectivity index (χ3n) is 5.33. The van der Waals surface area contributed by atoms with Crippen molar-refractivity contribution in [1.82, 2.24) is 19.6 Å². The molecule has 2 bridgehead atoms. The highest BCUT2D eigenvalue weighted by Gasteiger charge is 2.19. The van der Waals surface area contributed by atoms with Crippen LogP contribution in [0.15, 0.2) is 60.9 Å². The van der Waals surface area contributed by atoms with Crippen LogP contribution in [0.1, 0.15) is 27.9 Å². The fourth-order valence-electron chi connectivity index (χ4n) is 3.76. The van der Waals surface area contributed by atoms with Gasteiger partial charge in [0.1, 0.15) is 12.3 Å². The minimum Gasteiger partial charge on any atom is -0.493 e. The number of carbonyl (C=O) groups is 2. The SMILES string of the molecule is CN1Cc2cccc(c2)CN(C(=O)Cn2cc(Cl)cn2)CCCOc2ccccc2C1=O. The van der Waals surface area contributed by atoms with Crippen LogP contribution >= 0.6 is 11.6 Å². The zero-order valence-electron chi connectivity index (χ0n) is 17.9. The smallest absolute Gasteiger partial charge is 0.257 e. The monoisotopic (exact) mass is 452 g/mol. The number of amides is 2. The lowest BCUT2D eigenvalue weighted by atomic mass is 10.1. The summed E-state index contributed by atoms with van der Waals surface area (Å²) in [6.07, 6.45) is 3.78. The van der Waals surface area contributed by atoms with E-state index in [0.29, 0.717) is 49.0 Å². The molecule has 0 atom stereocenters. The Balaban J connectivity index is 1.59. The Bertz CT molecular complexity index is 1110. The lowest BCUT2D eigenvalue weighted by molar-refractivity contribution is -0.132. The molecule has 0 unspecified atom stereocenters. The van der Waals surface area contributed by atoms with Crippen LogP contribution in [0.4, 0.5) is 0 Å². The summed E-state index contributed by atoms with van der Waals surface area (Å²) in [5, 5.41) is 4.61. The van der Waals surface area contributed by atoms with Gasteiger partial charge in [0.05, 0.1) is 23.4 Å². The minimum absolute atomic E-state index is 0.0463. The molecule has 4 rings (SSSR count). The second-order valence-corrected chi connectivity index (χ2v) is 8.29. The van der Waals surface area contributed by atoms with Crippen molar-refractivity contribution in [2.75, 3.05) is 20.2 Å². The summed E-state index contributed by atoms with van der Waals surface area (Å²) in [5.41, 5.74) is 2.54. The van der Waals surface area contributed by atoms with Crippen molar-refractivity contribution in [3.63, 3.8) is 0 Å². The molecule has 0 N–H and O–H groups in total. The Morgan fingerprint density at radius 1 is 1.12 bits per heavy atom. The van der Waals surface area contributed by atoms with Crippen LogP contribution in [0, 0.1) is 0 Å². The zero-order chi connectivity index (χ0) is 22.5. The number of nitrogens with zero attached hydrogens (tertiary/aromatic N) is 4. The maximum Gasteiger partial charge on any atom is 0.257 e. The summed E-state index contributed by atoms with van der Waals surface area (Å²) in [6, 6.07) is 15.3. The van der Waals surface area contributed by atoms with Crippen LogP contribution in [0.25, 0.3) is 0 Å². The summed E-state index contributed by atoms with van der Waals surface area (Å²) >= 11 is 5.93. The summed E-state index contributed by atoms with van der Waals surface area (Å²) in [4.78, 5) is 29.5. The summed E-state index contributed by atoms with van der Waals surface area (Å²) < 4.78 is 7.47. The Kier molecular flexibility index (Phi) is 6.75. The second kappa shape index (κ2) is 9.87. The molecule has 2 heterocycles.